The number of hydrogen-bond acceptors (Lipinski definition) is 5. The van der Waals surface area contributed by atoms with E-state index >= 15 is 0 Å². The van der Waals surface area contributed by atoms with E-state index in [4.69, 9.17) is 4.84 Å². The zero-order valence-corrected chi connectivity index (χ0v) is 9.84. The number of nitro groups is 1. The van der Waals surface area contributed by atoms with Gasteiger partial charge >= 0.3 is 5.69 Å². The summed E-state index contributed by atoms with van der Waals surface area (Å²) in [6, 6.07) is 11.8. The highest BCUT2D eigenvalue weighted by molar-refractivity contribution is 5.23. The van der Waals surface area contributed by atoms with Crippen molar-refractivity contribution in [2.75, 3.05) is 0 Å². The molecule has 2 rings (SSSR count). The van der Waals surface area contributed by atoms with Crippen LogP contribution in [0.2, 0.25) is 0 Å². The molecule has 1 aromatic carbocycles. The minimum Gasteiger partial charge on any atom is -0.427 e. The molecule has 0 saturated carbocycles. The Hall–Kier alpha value is -2.83. The molecule has 1 N–H and O–H groups in total. The predicted octanol–water partition coefficient (Wildman–Crippen LogP) is 1.67. The highest BCUT2D eigenvalue weighted by Gasteiger charge is 2.12. The van der Waals surface area contributed by atoms with Gasteiger partial charge in [0.1, 0.15) is 6.61 Å². The smallest absolute Gasteiger partial charge is 0.318 e. The molecule has 0 atom stereocenters. The summed E-state index contributed by atoms with van der Waals surface area (Å²) >= 11 is 0. The third kappa shape index (κ3) is 3.09. The molecule has 0 spiro atoms. The Labute approximate surface area is 108 Å². The van der Waals surface area contributed by atoms with Crippen LogP contribution in [0.25, 0.3) is 0 Å². The molecule has 0 amide bonds. The molecule has 0 bridgehead atoms. The van der Waals surface area contributed by atoms with E-state index in [1.54, 1.807) is 0 Å². The van der Waals surface area contributed by atoms with Gasteiger partial charge in [0, 0.05) is 12.3 Å². The molecule has 98 valence electrons. The molecular weight excluding hydrogens is 250 g/mol. The van der Waals surface area contributed by atoms with E-state index < -0.39 is 4.92 Å². The summed E-state index contributed by atoms with van der Waals surface area (Å²) < 4.78 is 0.545. The molecule has 0 aliphatic heterocycles. The monoisotopic (exact) mass is 261 g/mol. The lowest BCUT2D eigenvalue weighted by molar-refractivity contribution is -0.387. The van der Waals surface area contributed by atoms with Gasteiger partial charge in [0.05, 0.1) is 4.92 Å². The van der Waals surface area contributed by atoms with E-state index in [9.17, 15) is 15.3 Å². The summed E-state index contributed by atoms with van der Waals surface area (Å²) in [4.78, 5) is 15.1. The molecule has 19 heavy (non-hydrogen) atoms. The third-order valence-electron chi connectivity index (χ3n) is 2.35. The first kappa shape index (κ1) is 12.6. The number of hydrogen-bond donors (Lipinski definition) is 1. The number of nitrogens with zero attached hydrogens (tertiary/aromatic N) is 3. The van der Waals surface area contributed by atoms with Crippen LogP contribution in [0.15, 0.2) is 53.8 Å². The lowest BCUT2D eigenvalue weighted by Crippen LogP contribution is -2.21. The van der Waals surface area contributed by atoms with Crippen molar-refractivity contribution >= 4 is 5.69 Å². The number of rotatable bonds is 4. The van der Waals surface area contributed by atoms with Crippen LogP contribution in [0.3, 0.4) is 0 Å². The lowest BCUT2D eigenvalue weighted by Gasteiger charge is -2.01. The van der Waals surface area contributed by atoms with E-state index in [2.05, 4.69) is 5.16 Å². The first-order valence-corrected chi connectivity index (χ1v) is 5.43. The maximum absolute atomic E-state index is 10.8. The van der Waals surface area contributed by atoms with E-state index in [0.717, 1.165) is 5.56 Å². The Morgan fingerprint density at radius 3 is 2.68 bits per heavy atom. The average Bonchev–Trinajstić information content (AvgIpc) is 2.41. The van der Waals surface area contributed by atoms with Crippen molar-refractivity contribution in [2.24, 2.45) is 5.16 Å². The van der Waals surface area contributed by atoms with Crippen LogP contribution >= 0.6 is 0 Å². The van der Waals surface area contributed by atoms with Gasteiger partial charge in [0.2, 0.25) is 0 Å². The largest absolute Gasteiger partial charge is 0.427 e. The van der Waals surface area contributed by atoms with Crippen molar-refractivity contribution < 1.29 is 15.0 Å². The van der Waals surface area contributed by atoms with Gasteiger partial charge in [-0.3, -0.25) is 10.1 Å². The van der Waals surface area contributed by atoms with Crippen LogP contribution in [-0.2, 0) is 11.4 Å². The molecule has 2 aromatic rings. The molecule has 0 aliphatic rings. The fraction of sp³-hybridized carbons (Fsp3) is 0.0833. The summed E-state index contributed by atoms with van der Waals surface area (Å²) in [5.74, 6) is 0. The molecule has 0 aliphatic carbocycles. The van der Waals surface area contributed by atoms with Crippen molar-refractivity contribution in [2.45, 2.75) is 6.61 Å². The van der Waals surface area contributed by atoms with Gasteiger partial charge in [0.25, 0.3) is 5.49 Å². The van der Waals surface area contributed by atoms with Crippen molar-refractivity contribution in [3.8, 4) is 0 Å². The zero-order chi connectivity index (χ0) is 13.7. The summed E-state index contributed by atoms with van der Waals surface area (Å²) in [5, 5.41) is 23.8. The summed E-state index contributed by atoms with van der Waals surface area (Å²) in [6.45, 7) is 0.160. The number of benzene rings is 1. The first-order chi connectivity index (χ1) is 9.18. The summed E-state index contributed by atoms with van der Waals surface area (Å²) in [6.07, 6.45) is 1.23. The normalized spacial score (nSPS) is 11.3. The Morgan fingerprint density at radius 2 is 2.00 bits per heavy atom. The van der Waals surface area contributed by atoms with E-state index in [1.165, 1.54) is 18.3 Å². The van der Waals surface area contributed by atoms with Crippen LogP contribution in [0.1, 0.15) is 5.56 Å². The molecule has 1 heterocycles. The molecule has 0 radical (unpaired) electrons. The van der Waals surface area contributed by atoms with Gasteiger partial charge in [-0.25, -0.2) is 0 Å². The second kappa shape index (κ2) is 5.67. The topological polar surface area (TPSA) is 89.9 Å². The minimum atomic E-state index is -0.641. The second-order valence-electron chi connectivity index (χ2n) is 3.67. The second-order valence-corrected chi connectivity index (χ2v) is 3.67. The van der Waals surface area contributed by atoms with Crippen LogP contribution in [-0.4, -0.2) is 14.9 Å². The summed E-state index contributed by atoms with van der Waals surface area (Å²) in [5.41, 5.74) is 0.274. The Balaban J connectivity index is 2.22. The van der Waals surface area contributed by atoms with E-state index in [0.29, 0.717) is 4.73 Å². The van der Waals surface area contributed by atoms with Gasteiger partial charge in [-0.2, -0.15) is 4.73 Å². The molecular formula is C12H11N3O4. The van der Waals surface area contributed by atoms with Crippen LogP contribution in [0.4, 0.5) is 5.69 Å². The van der Waals surface area contributed by atoms with E-state index in [-0.39, 0.29) is 17.8 Å². The van der Waals surface area contributed by atoms with Crippen molar-refractivity contribution in [1.82, 2.24) is 4.73 Å². The Morgan fingerprint density at radius 1 is 1.26 bits per heavy atom. The first-order valence-electron chi connectivity index (χ1n) is 5.43. The summed E-state index contributed by atoms with van der Waals surface area (Å²) in [7, 11) is 0. The zero-order valence-electron chi connectivity index (χ0n) is 9.84. The van der Waals surface area contributed by atoms with Crippen molar-refractivity contribution in [3.05, 3.63) is 69.8 Å². The molecule has 7 nitrogen and oxygen atoms in total. The fourth-order valence-electron chi connectivity index (χ4n) is 1.45. The maximum Gasteiger partial charge on any atom is 0.318 e. The standard InChI is InChI=1S/C12H11N3O4/c16-14-8-4-7-11(15(17)18)12(14)13-19-9-10-5-2-1-3-6-10/h1-8,16H,9H2/b13-12+. The Bertz CT molecular complexity index is 637. The van der Waals surface area contributed by atoms with Gasteiger partial charge in [0.15, 0.2) is 0 Å². The molecule has 1 aromatic heterocycles. The highest BCUT2D eigenvalue weighted by atomic mass is 16.6. The molecule has 0 saturated heterocycles. The lowest BCUT2D eigenvalue weighted by atomic mass is 10.2. The number of aromatic nitrogens is 1. The van der Waals surface area contributed by atoms with Crippen LogP contribution < -0.4 is 5.49 Å². The quantitative estimate of drug-likeness (QED) is 0.515. The fourth-order valence-corrected chi connectivity index (χ4v) is 1.45. The molecule has 0 unspecified atom stereocenters. The van der Waals surface area contributed by atoms with Gasteiger partial charge in [-0.1, -0.05) is 35.5 Å². The Kier molecular flexibility index (Phi) is 3.77. The molecule has 0 fully saturated rings. The average molecular weight is 261 g/mol. The van der Waals surface area contributed by atoms with Crippen LogP contribution in [0, 0.1) is 10.1 Å². The predicted molar refractivity (Wildman–Crippen MR) is 65.1 cm³/mol. The van der Waals surface area contributed by atoms with Crippen LogP contribution in [0.5, 0.6) is 0 Å². The maximum atomic E-state index is 10.8. The van der Waals surface area contributed by atoms with Gasteiger partial charge in [-0.05, 0) is 11.6 Å². The SMILES string of the molecule is O=[N+]([O-])c1cccn(O)/c1=N/OCc1ccccc1. The third-order valence-corrected chi connectivity index (χ3v) is 2.35. The molecule has 7 heteroatoms. The van der Waals surface area contributed by atoms with Gasteiger partial charge < -0.3 is 10.0 Å². The van der Waals surface area contributed by atoms with Crippen molar-refractivity contribution in [1.29, 1.82) is 0 Å². The van der Waals surface area contributed by atoms with Gasteiger partial charge in [-0.15, -0.1) is 0 Å². The number of pyridine rings is 1. The highest BCUT2D eigenvalue weighted by Crippen LogP contribution is 2.03. The van der Waals surface area contributed by atoms with Crippen molar-refractivity contribution in [3.63, 3.8) is 0 Å². The minimum absolute atomic E-state index is 0.160. The van der Waals surface area contributed by atoms with E-state index in [1.807, 2.05) is 30.3 Å².